The summed E-state index contributed by atoms with van der Waals surface area (Å²) in [4.78, 5) is 22.9. The summed E-state index contributed by atoms with van der Waals surface area (Å²) in [7, 11) is 0. The van der Waals surface area contributed by atoms with Crippen LogP contribution >= 0.6 is 23.2 Å². The van der Waals surface area contributed by atoms with Crippen LogP contribution in [0.4, 0.5) is 0 Å². The molecule has 3 aromatic rings. The topological polar surface area (TPSA) is 56.5 Å². The minimum absolute atomic E-state index is 0.0530. The van der Waals surface area contributed by atoms with E-state index in [4.69, 9.17) is 32.4 Å². The summed E-state index contributed by atoms with van der Waals surface area (Å²) in [5.41, 5.74) is 1.60. The monoisotopic (exact) mass is 374 g/mol. The highest BCUT2D eigenvalue weighted by atomic mass is 35.5. The van der Waals surface area contributed by atoms with E-state index in [1.165, 1.54) is 0 Å². The Morgan fingerprint density at radius 2 is 1.84 bits per heavy atom. The average molecular weight is 375 g/mol. The van der Waals surface area contributed by atoms with Crippen LogP contribution in [0.1, 0.15) is 26.5 Å². The molecule has 2 aromatic carbocycles. The molecule has 0 aliphatic heterocycles. The smallest absolute Gasteiger partial charge is 0.339 e. The van der Waals surface area contributed by atoms with Crippen molar-refractivity contribution in [3.63, 3.8) is 0 Å². The van der Waals surface area contributed by atoms with Crippen molar-refractivity contribution in [3.05, 3.63) is 81.5 Å². The molecule has 0 spiro atoms. The van der Waals surface area contributed by atoms with E-state index in [1.807, 2.05) is 6.07 Å². The molecule has 4 nitrogen and oxygen atoms in total. The largest absolute Gasteiger partial charge is 0.457 e. The van der Waals surface area contributed by atoms with Crippen molar-refractivity contribution in [2.75, 3.05) is 0 Å². The number of carbonyl (C=O) groups is 2. The molecule has 3 rings (SSSR count). The Morgan fingerprint density at radius 3 is 2.52 bits per heavy atom. The van der Waals surface area contributed by atoms with Gasteiger partial charge in [0.15, 0.2) is 12.0 Å². The fourth-order valence-electron chi connectivity index (χ4n) is 2.24. The van der Waals surface area contributed by atoms with E-state index in [9.17, 15) is 9.59 Å². The molecule has 0 saturated heterocycles. The quantitative estimate of drug-likeness (QED) is 0.441. The van der Waals surface area contributed by atoms with Crippen LogP contribution in [-0.2, 0) is 11.3 Å². The Balaban J connectivity index is 1.75. The molecular weight excluding hydrogens is 363 g/mol. The number of aldehydes is 1. The summed E-state index contributed by atoms with van der Waals surface area (Å²) in [5, 5.41) is 0.756. The molecule has 0 amide bonds. The lowest BCUT2D eigenvalue weighted by Crippen LogP contribution is -2.06. The van der Waals surface area contributed by atoms with Crippen LogP contribution in [0.15, 0.2) is 59.0 Å². The van der Waals surface area contributed by atoms with Crippen LogP contribution in [0.25, 0.3) is 11.3 Å². The maximum atomic E-state index is 12.2. The van der Waals surface area contributed by atoms with Gasteiger partial charge in [0.05, 0.1) is 10.6 Å². The summed E-state index contributed by atoms with van der Waals surface area (Å²) in [6.07, 6.45) is 0.617. The van der Waals surface area contributed by atoms with E-state index in [0.29, 0.717) is 28.2 Å². The molecule has 0 fully saturated rings. The highest BCUT2D eigenvalue weighted by Gasteiger charge is 2.15. The Bertz CT molecular complexity index is 931. The predicted molar refractivity (Wildman–Crippen MR) is 95.1 cm³/mol. The van der Waals surface area contributed by atoms with Gasteiger partial charge in [0.2, 0.25) is 0 Å². The van der Waals surface area contributed by atoms with Crippen LogP contribution in [0, 0.1) is 0 Å². The second kappa shape index (κ2) is 7.55. The van der Waals surface area contributed by atoms with E-state index in [-0.39, 0.29) is 23.0 Å². The van der Waals surface area contributed by atoms with E-state index in [1.54, 1.807) is 48.5 Å². The standard InChI is InChI=1S/C19H12Cl2O4/c20-16-4-2-1-3-13(16)11-24-19(23)15-7-5-12(9-17(15)21)18-8-6-14(10-22)25-18/h1-10H,11H2. The Hall–Kier alpha value is -2.56. The zero-order valence-electron chi connectivity index (χ0n) is 12.9. The van der Waals surface area contributed by atoms with E-state index >= 15 is 0 Å². The zero-order valence-corrected chi connectivity index (χ0v) is 14.4. The number of rotatable bonds is 5. The number of halogens is 2. The van der Waals surface area contributed by atoms with Crippen molar-refractivity contribution in [1.29, 1.82) is 0 Å². The van der Waals surface area contributed by atoms with E-state index < -0.39 is 5.97 Å². The summed E-state index contributed by atoms with van der Waals surface area (Å²) in [5.74, 6) is 0.152. The van der Waals surface area contributed by atoms with Crippen LogP contribution in [-0.4, -0.2) is 12.3 Å². The van der Waals surface area contributed by atoms with Gasteiger partial charge in [0.25, 0.3) is 0 Å². The third kappa shape index (κ3) is 3.92. The zero-order chi connectivity index (χ0) is 17.8. The number of esters is 1. The number of hydrogen-bond donors (Lipinski definition) is 0. The molecule has 0 unspecified atom stereocenters. The summed E-state index contributed by atoms with van der Waals surface area (Å²) in [6.45, 7) is 0.0530. The van der Waals surface area contributed by atoms with Gasteiger partial charge in [-0.25, -0.2) is 4.79 Å². The lowest BCUT2D eigenvalue weighted by molar-refractivity contribution is 0.0473. The first-order chi connectivity index (χ1) is 12.1. The van der Waals surface area contributed by atoms with Gasteiger partial charge in [-0.2, -0.15) is 0 Å². The molecule has 6 heteroatoms. The minimum atomic E-state index is -0.551. The van der Waals surface area contributed by atoms with Crippen molar-refractivity contribution >= 4 is 35.5 Å². The highest BCUT2D eigenvalue weighted by Crippen LogP contribution is 2.28. The minimum Gasteiger partial charge on any atom is -0.457 e. The molecular formula is C19H12Cl2O4. The molecule has 0 bridgehead atoms. The maximum Gasteiger partial charge on any atom is 0.339 e. The molecule has 126 valence electrons. The summed E-state index contributed by atoms with van der Waals surface area (Å²) in [6, 6.07) is 15.1. The Labute approximate surface area is 153 Å². The van der Waals surface area contributed by atoms with Gasteiger partial charge < -0.3 is 9.15 Å². The van der Waals surface area contributed by atoms with Crippen LogP contribution in [0.3, 0.4) is 0 Å². The predicted octanol–water partition coefficient (Wildman–Crippen LogP) is 5.42. The van der Waals surface area contributed by atoms with Gasteiger partial charge in [-0.05, 0) is 30.3 Å². The Kier molecular flexibility index (Phi) is 5.22. The van der Waals surface area contributed by atoms with Gasteiger partial charge in [0, 0.05) is 16.1 Å². The third-order valence-electron chi connectivity index (χ3n) is 3.53. The molecule has 1 heterocycles. The van der Waals surface area contributed by atoms with Crippen LogP contribution < -0.4 is 0 Å². The summed E-state index contributed by atoms with van der Waals surface area (Å²) < 4.78 is 10.6. The van der Waals surface area contributed by atoms with Crippen molar-refractivity contribution in [1.82, 2.24) is 0 Å². The van der Waals surface area contributed by atoms with Crippen molar-refractivity contribution in [3.8, 4) is 11.3 Å². The molecule has 0 saturated carbocycles. The lowest BCUT2D eigenvalue weighted by Gasteiger charge is -2.08. The third-order valence-corrected chi connectivity index (χ3v) is 4.21. The number of hydrogen-bond acceptors (Lipinski definition) is 4. The molecule has 0 radical (unpaired) electrons. The fourth-order valence-corrected chi connectivity index (χ4v) is 2.69. The van der Waals surface area contributed by atoms with Gasteiger partial charge >= 0.3 is 5.97 Å². The average Bonchev–Trinajstić information content (AvgIpc) is 3.10. The fraction of sp³-hybridized carbons (Fsp3) is 0.0526. The number of carbonyl (C=O) groups excluding carboxylic acids is 2. The van der Waals surface area contributed by atoms with Crippen LogP contribution in [0.5, 0.6) is 0 Å². The highest BCUT2D eigenvalue weighted by molar-refractivity contribution is 6.34. The summed E-state index contributed by atoms with van der Waals surface area (Å²) >= 11 is 12.2. The van der Waals surface area contributed by atoms with Crippen molar-refractivity contribution in [2.45, 2.75) is 6.61 Å². The Morgan fingerprint density at radius 1 is 1.04 bits per heavy atom. The van der Waals surface area contributed by atoms with Gasteiger partial charge in [-0.3, -0.25) is 4.79 Å². The first-order valence-electron chi connectivity index (χ1n) is 7.34. The number of ether oxygens (including phenoxy) is 1. The first kappa shape index (κ1) is 17.3. The molecule has 0 N–H and O–H groups in total. The second-order valence-corrected chi connectivity index (χ2v) is 6.00. The number of furan rings is 1. The SMILES string of the molecule is O=Cc1ccc(-c2ccc(C(=O)OCc3ccccc3Cl)c(Cl)c2)o1. The van der Waals surface area contributed by atoms with Gasteiger partial charge in [-0.15, -0.1) is 0 Å². The van der Waals surface area contributed by atoms with Crippen molar-refractivity contribution < 1.29 is 18.7 Å². The molecule has 0 aliphatic carbocycles. The maximum absolute atomic E-state index is 12.2. The lowest BCUT2D eigenvalue weighted by atomic mass is 10.1. The van der Waals surface area contributed by atoms with E-state index in [0.717, 1.165) is 0 Å². The normalized spacial score (nSPS) is 10.5. The molecule has 1 aromatic heterocycles. The molecule has 25 heavy (non-hydrogen) atoms. The molecule has 0 atom stereocenters. The van der Waals surface area contributed by atoms with Crippen LogP contribution in [0.2, 0.25) is 10.0 Å². The van der Waals surface area contributed by atoms with Crippen molar-refractivity contribution in [2.24, 2.45) is 0 Å². The number of benzene rings is 2. The van der Waals surface area contributed by atoms with Gasteiger partial charge in [0.1, 0.15) is 12.4 Å². The second-order valence-electron chi connectivity index (χ2n) is 5.18. The van der Waals surface area contributed by atoms with E-state index in [2.05, 4.69) is 0 Å². The first-order valence-corrected chi connectivity index (χ1v) is 8.09. The van der Waals surface area contributed by atoms with Gasteiger partial charge in [-0.1, -0.05) is 47.5 Å². The molecule has 0 aliphatic rings.